The summed E-state index contributed by atoms with van der Waals surface area (Å²) in [5.41, 5.74) is 0. The molecule has 3 atom stereocenters. The van der Waals surface area contributed by atoms with E-state index in [1.807, 2.05) is 0 Å². The van der Waals surface area contributed by atoms with Gasteiger partial charge in [-0.3, -0.25) is 4.90 Å². The molecule has 3 heteroatoms. The molecule has 2 heterocycles. The third-order valence-electron chi connectivity index (χ3n) is 4.66. The fraction of sp³-hybridized carbons (Fsp3) is 1.00. The van der Waals surface area contributed by atoms with E-state index >= 15 is 0 Å². The number of likely N-dealkylation sites (N-methyl/N-ethyl adjacent to an activating group) is 1. The van der Waals surface area contributed by atoms with E-state index in [9.17, 15) is 0 Å². The van der Waals surface area contributed by atoms with Gasteiger partial charge in [-0.1, -0.05) is 6.92 Å². The van der Waals surface area contributed by atoms with Gasteiger partial charge in [-0.05, 0) is 59.3 Å². The van der Waals surface area contributed by atoms with Crippen LogP contribution in [0.5, 0.6) is 0 Å². The maximum Gasteiger partial charge on any atom is 0.0223 e. The Balaban J connectivity index is 1.75. The molecule has 2 aliphatic rings. The topological polar surface area (TPSA) is 18.5 Å². The van der Waals surface area contributed by atoms with E-state index < -0.39 is 0 Å². The van der Waals surface area contributed by atoms with Crippen LogP contribution in [0.2, 0.25) is 0 Å². The molecule has 3 unspecified atom stereocenters. The SMILES string of the molecule is CCNC(C)CCN1CCC2CCC(C1)N2C. The predicted molar refractivity (Wildman–Crippen MR) is 73.4 cm³/mol. The highest BCUT2D eigenvalue weighted by Crippen LogP contribution is 2.28. The van der Waals surface area contributed by atoms with E-state index in [4.69, 9.17) is 0 Å². The van der Waals surface area contributed by atoms with Crippen LogP contribution < -0.4 is 5.32 Å². The fourth-order valence-corrected chi connectivity index (χ4v) is 3.41. The van der Waals surface area contributed by atoms with Crippen molar-refractivity contribution in [1.82, 2.24) is 15.1 Å². The molecule has 0 aromatic carbocycles. The molecule has 2 bridgehead atoms. The second-order valence-electron chi connectivity index (χ2n) is 5.89. The van der Waals surface area contributed by atoms with Gasteiger partial charge in [0.1, 0.15) is 0 Å². The minimum absolute atomic E-state index is 0.665. The predicted octanol–water partition coefficient (Wildman–Crippen LogP) is 1.54. The molecule has 0 aromatic rings. The van der Waals surface area contributed by atoms with Crippen molar-refractivity contribution in [3.63, 3.8) is 0 Å². The molecule has 0 amide bonds. The second-order valence-corrected chi connectivity index (χ2v) is 5.89. The second kappa shape index (κ2) is 6.17. The van der Waals surface area contributed by atoms with Gasteiger partial charge in [0.25, 0.3) is 0 Å². The van der Waals surface area contributed by atoms with E-state index in [0.29, 0.717) is 6.04 Å². The fourth-order valence-electron chi connectivity index (χ4n) is 3.41. The first-order chi connectivity index (χ1) is 8.20. The van der Waals surface area contributed by atoms with Crippen molar-refractivity contribution in [2.24, 2.45) is 0 Å². The molecule has 1 N–H and O–H groups in total. The Kier molecular flexibility index (Phi) is 4.83. The quantitative estimate of drug-likeness (QED) is 0.785. The van der Waals surface area contributed by atoms with Crippen molar-refractivity contribution in [2.75, 3.05) is 33.2 Å². The molecule has 2 saturated heterocycles. The van der Waals surface area contributed by atoms with Gasteiger partial charge in [-0.15, -0.1) is 0 Å². The van der Waals surface area contributed by atoms with Gasteiger partial charge in [0.2, 0.25) is 0 Å². The minimum atomic E-state index is 0.665. The summed E-state index contributed by atoms with van der Waals surface area (Å²) in [6.45, 7) is 9.46. The smallest absolute Gasteiger partial charge is 0.0223 e. The number of nitrogens with zero attached hydrogens (tertiary/aromatic N) is 2. The number of hydrogen-bond donors (Lipinski definition) is 1. The van der Waals surface area contributed by atoms with Crippen molar-refractivity contribution in [3.8, 4) is 0 Å². The highest BCUT2D eigenvalue weighted by molar-refractivity contribution is 4.91. The van der Waals surface area contributed by atoms with Crippen molar-refractivity contribution in [3.05, 3.63) is 0 Å². The molecule has 0 saturated carbocycles. The number of likely N-dealkylation sites (tertiary alicyclic amines) is 1. The highest BCUT2D eigenvalue weighted by Gasteiger charge is 2.34. The van der Waals surface area contributed by atoms with Gasteiger partial charge in [-0.2, -0.15) is 0 Å². The van der Waals surface area contributed by atoms with Gasteiger partial charge in [-0.25, -0.2) is 0 Å². The van der Waals surface area contributed by atoms with Crippen molar-refractivity contribution in [2.45, 2.75) is 57.7 Å². The molecule has 100 valence electrons. The van der Waals surface area contributed by atoms with E-state index in [1.54, 1.807) is 0 Å². The summed E-state index contributed by atoms with van der Waals surface area (Å²) >= 11 is 0. The molecular formula is C14H29N3. The average molecular weight is 239 g/mol. The summed E-state index contributed by atoms with van der Waals surface area (Å²) in [6.07, 6.45) is 5.51. The molecule has 0 radical (unpaired) electrons. The summed E-state index contributed by atoms with van der Waals surface area (Å²) in [6, 6.07) is 2.37. The summed E-state index contributed by atoms with van der Waals surface area (Å²) in [4.78, 5) is 5.32. The van der Waals surface area contributed by atoms with Crippen LogP contribution in [0.25, 0.3) is 0 Å². The van der Waals surface area contributed by atoms with Crippen molar-refractivity contribution in [1.29, 1.82) is 0 Å². The van der Waals surface area contributed by atoms with Gasteiger partial charge >= 0.3 is 0 Å². The number of nitrogens with one attached hydrogen (secondary N) is 1. The molecule has 0 aliphatic carbocycles. The van der Waals surface area contributed by atoms with Crippen LogP contribution in [0.4, 0.5) is 0 Å². The highest BCUT2D eigenvalue weighted by atomic mass is 15.3. The molecule has 2 rings (SSSR count). The zero-order chi connectivity index (χ0) is 12.3. The van der Waals surface area contributed by atoms with Crippen LogP contribution in [-0.4, -0.2) is 61.2 Å². The largest absolute Gasteiger partial charge is 0.314 e. The minimum Gasteiger partial charge on any atom is -0.314 e. The van der Waals surface area contributed by atoms with Crippen LogP contribution >= 0.6 is 0 Å². The Labute approximate surface area is 107 Å². The third kappa shape index (κ3) is 3.43. The normalized spacial score (nSPS) is 32.6. The van der Waals surface area contributed by atoms with E-state index in [-0.39, 0.29) is 0 Å². The standard InChI is InChI=1S/C14H29N3/c1-4-15-12(2)7-9-17-10-8-13-5-6-14(11-17)16(13)3/h12-15H,4-11H2,1-3H3. The lowest BCUT2D eigenvalue weighted by Gasteiger charge is -2.26. The first-order valence-corrected chi connectivity index (χ1v) is 7.38. The number of hydrogen-bond acceptors (Lipinski definition) is 3. The lowest BCUT2D eigenvalue weighted by molar-refractivity contribution is 0.213. The Hall–Kier alpha value is -0.120. The van der Waals surface area contributed by atoms with Gasteiger partial charge in [0, 0.05) is 24.7 Å². The van der Waals surface area contributed by atoms with Crippen LogP contribution in [-0.2, 0) is 0 Å². The van der Waals surface area contributed by atoms with E-state index in [2.05, 4.69) is 36.0 Å². The van der Waals surface area contributed by atoms with Crippen LogP contribution in [0, 0.1) is 0 Å². The zero-order valence-corrected chi connectivity index (χ0v) is 11.8. The van der Waals surface area contributed by atoms with E-state index in [1.165, 1.54) is 45.3 Å². The van der Waals surface area contributed by atoms with Crippen molar-refractivity contribution < 1.29 is 0 Å². The van der Waals surface area contributed by atoms with Crippen LogP contribution in [0.3, 0.4) is 0 Å². The van der Waals surface area contributed by atoms with Gasteiger partial charge in [0.15, 0.2) is 0 Å². The monoisotopic (exact) mass is 239 g/mol. The Morgan fingerprint density at radius 2 is 2.00 bits per heavy atom. The molecule has 0 aromatic heterocycles. The Morgan fingerprint density at radius 3 is 2.76 bits per heavy atom. The summed E-state index contributed by atoms with van der Waals surface area (Å²) in [5.74, 6) is 0. The molecule has 2 aliphatic heterocycles. The van der Waals surface area contributed by atoms with Crippen LogP contribution in [0.15, 0.2) is 0 Å². The average Bonchev–Trinajstić information content (AvgIpc) is 2.53. The lowest BCUT2D eigenvalue weighted by atomic mass is 10.1. The summed E-state index contributed by atoms with van der Waals surface area (Å²) in [7, 11) is 2.33. The van der Waals surface area contributed by atoms with Gasteiger partial charge < -0.3 is 10.2 Å². The number of fused-ring (bicyclic) bond motifs is 2. The molecule has 2 fully saturated rings. The first kappa shape index (κ1) is 13.3. The van der Waals surface area contributed by atoms with Crippen LogP contribution in [0.1, 0.15) is 39.5 Å². The van der Waals surface area contributed by atoms with Gasteiger partial charge in [0.05, 0.1) is 0 Å². The molecule has 3 nitrogen and oxygen atoms in total. The summed E-state index contributed by atoms with van der Waals surface area (Å²) in [5, 5.41) is 3.51. The lowest BCUT2D eigenvalue weighted by Crippen LogP contribution is -2.38. The summed E-state index contributed by atoms with van der Waals surface area (Å²) < 4.78 is 0. The zero-order valence-electron chi connectivity index (χ0n) is 11.8. The molecule has 17 heavy (non-hydrogen) atoms. The maximum atomic E-state index is 3.51. The van der Waals surface area contributed by atoms with Crippen molar-refractivity contribution >= 4 is 0 Å². The molecule has 0 spiro atoms. The Bertz CT molecular complexity index is 232. The maximum absolute atomic E-state index is 3.51. The Morgan fingerprint density at radius 1 is 1.24 bits per heavy atom. The van der Waals surface area contributed by atoms with E-state index in [0.717, 1.165) is 18.6 Å². The number of rotatable bonds is 5. The molecular weight excluding hydrogens is 210 g/mol. The first-order valence-electron chi connectivity index (χ1n) is 7.38. The third-order valence-corrected chi connectivity index (χ3v) is 4.66.